The minimum absolute atomic E-state index is 0.333. The summed E-state index contributed by atoms with van der Waals surface area (Å²) in [5.74, 6) is 0.249. The molecule has 104 valence electrons. The van der Waals surface area contributed by atoms with Crippen molar-refractivity contribution in [3.05, 3.63) is 40.3 Å². The number of carboxylic acids is 1. The normalized spacial score (nSPS) is 18.6. The highest BCUT2D eigenvalue weighted by Gasteiger charge is 2.26. The van der Waals surface area contributed by atoms with Crippen LogP contribution in [-0.4, -0.2) is 22.7 Å². The molecule has 0 fully saturated rings. The molecule has 2 atom stereocenters. The zero-order valence-corrected chi connectivity index (χ0v) is 11.2. The third-order valence-electron chi connectivity index (χ3n) is 2.91. The Morgan fingerprint density at radius 3 is 2.95 bits per heavy atom. The number of para-hydroxylation sites is 2. The van der Waals surface area contributed by atoms with E-state index in [1.807, 2.05) is 24.3 Å². The van der Waals surface area contributed by atoms with Gasteiger partial charge < -0.3 is 20.3 Å². The van der Waals surface area contributed by atoms with Crippen LogP contribution in [0.3, 0.4) is 0 Å². The summed E-state index contributed by atoms with van der Waals surface area (Å²) in [6.45, 7) is 0.340. The molecule has 1 aromatic heterocycles. The van der Waals surface area contributed by atoms with Crippen LogP contribution < -0.4 is 15.2 Å². The Morgan fingerprint density at radius 2 is 2.20 bits per heavy atom. The highest BCUT2D eigenvalue weighted by molar-refractivity contribution is 7.09. The summed E-state index contributed by atoms with van der Waals surface area (Å²) in [5.41, 5.74) is 5.86. The number of aromatic nitrogens is 1. The van der Waals surface area contributed by atoms with Crippen molar-refractivity contribution in [2.45, 2.75) is 12.1 Å². The summed E-state index contributed by atoms with van der Waals surface area (Å²) in [7, 11) is 0. The SMILES string of the molecule is NC(C(=O)O)c1csc(C2COc3ccccc3O2)n1. The molecule has 6 nitrogen and oxygen atoms in total. The van der Waals surface area contributed by atoms with E-state index in [0.29, 0.717) is 28.8 Å². The number of carboxylic acid groups (broad SMARTS) is 1. The third-order valence-corrected chi connectivity index (χ3v) is 3.86. The molecule has 0 saturated heterocycles. The zero-order chi connectivity index (χ0) is 14.1. The van der Waals surface area contributed by atoms with Crippen LogP contribution in [0.15, 0.2) is 29.6 Å². The van der Waals surface area contributed by atoms with Crippen LogP contribution in [0.2, 0.25) is 0 Å². The summed E-state index contributed by atoms with van der Waals surface area (Å²) in [6.07, 6.45) is -0.343. The minimum atomic E-state index is -1.11. The first-order valence-electron chi connectivity index (χ1n) is 5.97. The molecule has 2 heterocycles. The number of ether oxygens (including phenoxy) is 2. The van der Waals surface area contributed by atoms with Gasteiger partial charge in [0.1, 0.15) is 17.7 Å². The number of hydrogen-bond donors (Lipinski definition) is 2. The highest BCUT2D eigenvalue weighted by Crippen LogP contribution is 2.36. The molecule has 7 heteroatoms. The molecular weight excluding hydrogens is 280 g/mol. The smallest absolute Gasteiger partial charge is 0.326 e. The minimum Gasteiger partial charge on any atom is -0.485 e. The third kappa shape index (κ3) is 2.33. The van der Waals surface area contributed by atoms with E-state index in [0.717, 1.165) is 0 Å². The number of carbonyl (C=O) groups is 1. The lowest BCUT2D eigenvalue weighted by Crippen LogP contribution is -2.23. The Labute approximate surface area is 118 Å². The molecule has 2 aromatic rings. The van der Waals surface area contributed by atoms with Gasteiger partial charge in [0, 0.05) is 5.38 Å². The van der Waals surface area contributed by atoms with Gasteiger partial charge in [-0.3, -0.25) is 4.79 Å². The van der Waals surface area contributed by atoms with Gasteiger partial charge in [-0.25, -0.2) is 4.98 Å². The van der Waals surface area contributed by atoms with E-state index in [4.69, 9.17) is 20.3 Å². The van der Waals surface area contributed by atoms with Gasteiger partial charge in [0.2, 0.25) is 0 Å². The van der Waals surface area contributed by atoms with Crippen LogP contribution in [0, 0.1) is 0 Å². The number of thiazole rings is 1. The molecule has 3 N–H and O–H groups in total. The lowest BCUT2D eigenvalue weighted by atomic mass is 10.2. The monoisotopic (exact) mass is 292 g/mol. The van der Waals surface area contributed by atoms with E-state index in [1.54, 1.807) is 5.38 Å². The first-order chi connectivity index (χ1) is 9.65. The van der Waals surface area contributed by atoms with E-state index in [9.17, 15) is 4.79 Å². The molecule has 2 unspecified atom stereocenters. The van der Waals surface area contributed by atoms with Crippen molar-refractivity contribution in [1.29, 1.82) is 0 Å². The molecule has 20 heavy (non-hydrogen) atoms. The van der Waals surface area contributed by atoms with Crippen LogP contribution in [0.4, 0.5) is 0 Å². The Balaban J connectivity index is 1.80. The molecule has 1 aromatic carbocycles. The molecule has 3 rings (SSSR count). The number of fused-ring (bicyclic) bond motifs is 1. The van der Waals surface area contributed by atoms with Crippen molar-refractivity contribution in [2.75, 3.05) is 6.61 Å². The molecule has 0 bridgehead atoms. The van der Waals surface area contributed by atoms with Crippen LogP contribution in [0.25, 0.3) is 0 Å². The first kappa shape index (κ1) is 12.9. The van der Waals surface area contributed by atoms with Gasteiger partial charge in [0.05, 0.1) is 5.69 Å². The van der Waals surface area contributed by atoms with E-state index >= 15 is 0 Å². The fourth-order valence-corrected chi connectivity index (χ4v) is 2.73. The maximum Gasteiger partial charge on any atom is 0.326 e. The van der Waals surface area contributed by atoms with Crippen molar-refractivity contribution in [2.24, 2.45) is 5.73 Å². The summed E-state index contributed by atoms with van der Waals surface area (Å²) in [4.78, 5) is 15.1. The second kappa shape index (κ2) is 5.10. The summed E-state index contributed by atoms with van der Waals surface area (Å²) in [6, 6.07) is 6.27. The molecule has 0 spiro atoms. The largest absolute Gasteiger partial charge is 0.485 e. The van der Waals surface area contributed by atoms with Gasteiger partial charge in [0.15, 0.2) is 17.6 Å². The van der Waals surface area contributed by atoms with Crippen LogP contribution >= 0.6 is 11.3 Å². The molecule has 0 saturated carbocycles. The Kier molecular flexibility index (Phi) is 3.29. The van der Waals surface area contributed by atoms with Crippen LogP contribution in [0.1, 0.15) is 22.8 Å². The van der Waals surface area contributed by atoms with Crippen molar-refractivity contribution < 1.29 is 19.4 Å². The standard InChI is InChI=1S/C13H12N2O4S/c14-11(13(16)17)7-6-20-12(15-7)10-5-18-8-3-1-2-4-9(8)19-10/h1-4,6,10-11H,5,14H2,(H,16,17). The summed E-state index contributed by atoms with van der Waals surface area (Å²) < 4.78 is 11.4. The summed E-state index contributed by atoms with van der Waals surface area (Å²) >= 11 is 1.32. The predicted molar refractivity (Wildman–Crippen MR) is 72.0 cm³/mol. The van der Waals surface area contributed by atoms with Crippen LogP contribution in [-0.2, 0) is 4.79 Å². The second-order valence-electron chi connectivity index (χ2n) is 4.29. The lowest BCUT2D eigenvalue weighted by Gasteiger charge is -2.24. The van der Waals surface area contributed by atoms with E-state index < -0.39 is 12.0 Å². The first-order valence-corrected chi connectivity index (χ1v) is 6.85. The number of benzene rings is 1. The fourth-order valence-electron chi connectivity index (χ4n) is 1.86. The predicted octanol–water partition coefficient (Wildman–Crippen LogP) is 1.74. The van der Waals surface area contributed by atoms with Crippen molar-refractivity contribution in [1.82, 2.24) is 4.98 Å². The Hall–Kier alpha value is -2.12. The van der Waals surface area contributed by atoms with Gasteiger partial charge in [0.25, 0.3) is 0 Å². The highest BCUT2D eigenvalue weighted by atomic mass is 32.1. The quantitative estimate of drug-likeness (QED) is 0.894. The molecule has 1 aliphatic heterocycles. The van der Waals surface area contributed by atoms with Gasteiger partial charge in [-0.15, -0.1) is 11.3 Å². The molecule has 0 amide bonds. The van der Waals surface area contributed by atoms with Crippen molar-refractivity contribution in [3.8, 4) is 11.5 Å². The van der Waals surface area contributed by atoms with E-state index in [-0.39, 0.29) is 6.10 Å². The van der Waals surface area contributed by atoms with Crippen molar-refractivity contribution >= 4 is 17.3 Å². The molecule has 0 radical (unpaired) electrons. The van der Waals surface area contributed by atoms with Crippen molar-refractivity contribution in [3.63, 3.8) is 0 Å². The number of hydrogen-bond acceptors (Lipinski definition) is 6. The number of nitrogens with two attached hydrogens (primary N) is 1. The molecule has 1 aliphatic rings. The summed E-state index contributed by atoms with van der Waals surface area (Å²) in [5, 5.41) is 11.2. The lowest BCUT2D eigenvalue weighted by molar-refractivity contribution is -0.138. The van der Waals surface area contributed by atoms with Gasteiger partial charge >= 0.3 is 5.97 Å². The number of rotatable bonds is 3. The van der Waals surface area contributed by atoms with Gasteiger partial charge in [-0.05, 0) is 12.1 Å². The van der Waals surface area contributed by atoms with E-state index in [2.05, 4.69) is 4.98 Å². The fraction of sp³-hybridized carbons (Fsp3) is 0.231. The van der Waals surface area contributed by atoms with Crippen LogP contribution in [0.5, 0.6) is 11.5 Å². The zero-order valence-electron chi connectivity index (χ0n) is 10.4. The van der Waals surface area contributed by atoms with Gasteiger partial charge in [-0.2, -0.15) is 0 Å². The second-order valence-corrected chi connectivity index (χ2v) is 5.18. The number of nitrogens with zero attached hydrogens (tertiary/aromatic N) is 1. The number of aliphatic carboxylic acids is 1. The topological polar surface area (TPSA) is 94.7 Å². The maximum atomic E-state index is 10.8. The van der Waals surface area contributed by atoms with E-state index in [1.165, 1.54) is 11.3 Å². The maximum absolute atomic E-state index is 10.8. The molecule has 0 aliphatic carbocycles. The average molecular weight is 292 g/mol. The average Bonchev–Trinajstić information content (AvgIpc) is 2.95. The Morgan fingerprint density at radius 1 is 1.45 bits per heavy atom. The Bertz CT molecular complexity index is 643. The van der Waals surface area contributed by atoms with Gasteiger partial charge in [-0.1, -0.05) is 12.1 Å². The molecular formula is C13H12N2O4S.